The number of halogens is 1. The van der Waals surface area contributed by atoms with Crippen molar-refractivity contribution in [3.8, 4) is 11.5 Å². The van der Waals surface area contributed by atoms with Gasteiger partial charge in [-0.2, -0.15) is 0 Å². The van der Waals surface area contributed by atoms with E-state index in [9.17, 15) is 14.4 Å². The molecule has 2 amide bonds. The van der Waals surface area contributed by atoms with Crippen molar-refractivity contribution < 1.29 is 28.6 Å². The van der Waals surface area contributed by atoms with Crippen LogP contribution in [-0.2, 0) is 14.3 Å². The third kappa shape index (κ3) is 3.96. The Morgan fingerprint density at radius 3 is 2.46 bits per heavy atom. The molecule has 0 unspecified atom stereocenters. The average Bonchev–Trinajstić information content (AvgIpc) is 2.89. The van der Waals surface area contributed by atoms with Crippen molar-refractivity contribution in [2.24, 2.45) is 0 Å². The van der Waals surface area contributed by atoms with Crippen LogP contribution in [0.2, 0.25) is 5.02 Å². The molecule has 0 saturated carbocycles. The maximum absolute atomic E-state index is 12.6. The Hall–Kier alpha value is -2.19. The molecule has 1 aliphatic rings. The monoisotopic (exact) mass is 399 g/mol. The Kier molecular flexibility index (Phi) is 6.55. The lowest BCUT2D eigenvalue weighted by atomic mass is 10.1. The third-order valence-corrected chi connectivity index (χ3v) is 4.84. The Morgan fingerprint density at radius 2 is 1.88 bits per heavy atom. The van der Waals surface area contributed by atoms with E-state index in [0.29, 0.717) is 22.1 Å². The number of imide groups is 1. The minimum Gasteiger partial charge on any atom is -0.493 e. The van der Waals surface area contributed by atoms with Crippen LogP contribution in [0, 0.1) is 0 Å². The quantitative estimate of drug-likeness (QED) is 0.535. The summed E-state index contributed by atoms with van der Waals surface area (Å²) in [5.41, 5.74) is 0.485. The summed E-state index contributed by atoms with van der Waals surface area (Å²) in [7, 11) is 2.96. The number of rotatable bonds is 6. The highest BCUT2D eigenvalue weighted by atomic mass is 35.5. The standard InChI is InChI=1S/C17H18ClNO6S/c1-5-25-16(21)9(2)19-15(20)14(26-17(19)22)7-10-6-12(23-3)13(24-4)8-11(10)18/h6-9H,5H2,1-4H3/b14-7-/t9-/m1/s1. The number of hydrogen-bond donors (Lipinski definition) is 0. The fourth-order valence-electron chi connectivity index (χ4n) is 2.30. The fraction of sp³-hybridized carbons (Fsp3) is 0.353. The van der Waals surface area contributed by atoms with Crippen LogP contribution in [0.15, 0.2) is 17.0 Å². The molecule has 1 aromatic rings. The van der Waals surface area contributed by atoms with E-state index in [1.807, 2.05) is 0 Å². The second-order valence-corrected chi connectivity index (χ2v) is 6.61. The van der Waals surface area contributed by atoms with E-state index < -0.39 is 23.2 Å². The molecule has 140 valence electrons. The first-order valence-electron chi connectivity index (χ1n) is 7.69. The van der Waals surface area contributed by atoms with Gasteiger partial charge in [-0.25, -0.2) is 4.79 Å². The van der Waals surface area contributed by atoms with Gasteiger partial charge in [0.15, 0.2) is 11.5 Å². The molecule has 1 aliphatic heterocycles. The summed E-state index contributed by atoms with van der Waals surface area (Å²) in [4.78, 5) is 37.6. The lowest BCUT2D eigenvalue weighted by Gasteiger charge is -2.19. The van der Waals surface area contributed by atoms with Gasteiger partial charge in [0.2, 0.25) is 0 Å². The molecule has 1 fully saturated rings. The number of esters is 1. The lowest BCUT2D eigenvalue weighted by molar-refractivity contribution is -0.150. The van der Waals surface area contributed by atoms with Crippen LogP contribution in [0.3, 0.4) is 0 Å². The van der Waals surface area contributed by atoms with Gasteiger partial charge in [-0.1, -0.05) is 11.6 Å². The van der Waals surface area contributed by atoms with E-state index in [1.165, 1.54) is 27.2 Å². The number of ether oxygens (including phenoxy) is 3. The molecule has 1 aromatic carbocycles. The number of carbonyl (C=O) groups excluding carboxylic acids is 3. The number of amides is 2. The summed E-state index contributed by atoms with van der Waals surface area (Å²) >= 11 is 6.95. The Labute approximate surface area is 160 Å². The zero-order chi connectivity index (χ0) is 19.4. The highest BCUT2D eigenvalue weighted by molar-refractivity contribution is 8.18. The third-order valence-electron chi connectivity index (χ3n) is 3.63. The second-order valence-electron chi connectivity index (χ2n) is 5.21. The summed E-state index contributed by atoms with van der Waals surface area (Å²) < 4.78 is 15.3. The van der Waals surface area contributed by atoms with Gasteiger partial charge in [0.1, 0.15) is 6.04 Å². The van der Waals surface area contributed by atoms with Gasteiger partial charge in [-0.15, -0.1) is 0 Å². The van der Waals surface area contributed by atoms with Crippen LogP contribution in [0.25, 0.3) is 6.08 Å². The van der Waals surface area contributed by atoms with Gasteiger partial charge >= 0.3 is 5.97 Å². The van der Waals surface area contributed by atoms with E-state index in [2.05, 4.69) is 0 Å². The van der Waals surface area contributed by atoms with Crippen molar-refractivity contribution in [2.45, 2.75) is 19.9 Å². The Bertz CT molecular complexity index is 779. The molecule has 26 heavy (non-hydrogen) atoms. The summed E-state index contributed by atoms with van der Waals surface area (Å²) in [6, 6.07) is 2.15. The second kappa shape index (κ2) is 8.46. The van der Waals surface area contributed by atoms with Crippen molar-refractivity contribution in [1.29, 1.82) is 0 Å². The van der Waals surface area contributed by atoms with Crippen molar-refractivity contribution in [2.75, 3.05) is 20.8 Å². The van der Waals surface area contributed by atoms with Gasteiger partial charge in [-0.05, 0) is 43.3 Å². The predicted molar refractivity (Wildman–Crippen MR) is 98.5 cm³/mol. The molecule has 0 aromatic heterocycles. The van der Waals surface area contributed by atoms with Crippen LogP contribution in [0.1, 0.15) is 19.4 Å². The molecule has 7 nitrogen and oxygen atoms in total. The summed E-state index contributed by atoms with van der Waals surface area (Å²) in [6.45, 7) is 3.26. The first-order valence-corrected chi connectivity index (χ1v) is 8.88. The van der Waals surface area contributed by atoms with Crippen molar-refractivity contribution >= 4 is 46.6 Å². The van der Waals surface area contributed by atoms with Gasteiger partial charge in [0, 0.05) is 6.07 Å². The van der Waals surface area contributed by atoms with Crippen LogP contribution < -0.4 is 9.47 Å². The van der Waals surface area contributed by atoms with Crippen molar-refractivity contribution in [3.05, 3.63) is 27.6 Å². The predicted octanol–water partition coefficient (Wildman–Crippen LogP) is 3.35. The molecule has 0 bridgehead atoms. The lowest BCUT2D eigenvalue weighted by Crippen LogP contribution is -2.42. The zero-order valence-corrected chi connectivity index (χ0v) is 16.3. The largest absolute Gasteiger partial charge is 0.493 e. The van der Waals surface area contributed by atoms with Gasteiger partial charge in [0.05, 0.1) is 30.8 Å². The number of methoxy groups -OCH3 is 2. The maximum Gasteiger partial charge on any atom is 0.329 e. The van der Waals surface area contributed by atoms with Gasteiger partial charge in [0.25, 0.3) is 11.1 Å². The van der Waals surface area contributed by atoms with Crippen LogP contribution in [0.4, 0.5) is 4.79 Å². The first kappa shape index (κ1) is 20.1. The highest BCUT2D eigenvalue weighted by Gasteiger charge is 2.41. The smallest absolute Gasteiger partial charge is 0.329 e. The molecule has 0 spiro atoms. The first-order chi connectivity index (χ1) is 12.3. The highest BCUT2D eigenvalue weighted by Crippen LogP contribution is 2.38. The molecular formula is C17H18ClNO6S. The fourth-order valence-corrected chi connectivity index (χ4v) is 3.41. The summed E-state index contributed by atoms with van der Waals surface area (Å²) in [5.74, 6) is -0.340. The number of thioether (sulfide) groups is 1. The summed E-state index contributed by atoms with van der Waals surface area (Å²) in [6.07, 6.45) is 1.48. The minimum atomic E-state index is -1.01. The van der Waals surface area contributed by atoms with Crippen LogP contribution in [-0.4, -0.2) is 48.9 Å². The molecule has 1 saturated heterocycles. The molecule has 1 heterocycles. The summed E-state index contributed by atoms with van der Waals surface area (Å²) in [5, 5.41) is -0.216. The van der Waals surface area contributed by atoms with E-state index in [1.54, 1.807) is 19.1 Å². The Balaban J connectivity index is 2.34. The molecule has 1 atom stereocenters. The normalized spacial score (nSPS) is 16.8. The molecule has 0 radical (unpaired) electrons. The van der Waals surface area contributed by atoms with E-state index in [-0.39, 0.29) is 11.5 Å². The zero-order valence-electron chi connectivity index (χ0n) is 14.7. The van der Waals surface area contributed by atoms with Gasteiger partial charge < -0.3 is 14.2 Å². The number of hydrogen-bond acceptors (Lipinski definition) is 7. The van der Waals surface area contributed by atoms with Crippen LogP contribution >= 0.6 is 23.4 Å². The molecular weight excluding hydrogens is 382 g/mol. The van der Waals surface area contributed by atoms with Crippen molar-refractivity contribution in [1.82, 2.24) is 4.90 Å². The van der Waals surface area contributed by atoms with E-state index in [0.717, 1.165) is 16.7 Å². The average molecular weight is 400 g/mol. The maximum atomic E-state index is 12.6. The topological polar surface area (TPSA) is 82.1 Å². The number of carbonyl (C=O) groups is 3. The van der Waals surface area contributed by atoms with Crippen molar-refractivity contribution in [3.63, 3.8) is 0 Å². The number of benzene rings is 1. The molecule has 0 N–H and O–H groups in total. The molecule has 2 rings (SSSR count). The Morgan fingerprint density at radius 1 is 1.27 bits per heavy atom. The van der Waals surface area contributed by atoms with Gasteiger partial charge in [-0.3, -0.25) is 14.5 Å². The molecule has 0 aliphatic carbocycles. The molecule has 9 heteroatoms. The number of nitrogens with zero attached hydrogens (tertiary/aromatic N) is 1. The van der Waals surface area contributed by atoms with E-state index >= 15 is 0 Å². The minimum absolute atomic E-state index is 0.153. The van der Waals surface area contributed by atoms with E-state index in [4.69, 9.17) is 25.8 Å². The SMILES string of the molecule is CCOC(=O)[C@@H](C)N1C(=O)S/C(=C\c2cc(OC)c(OC)cc2Cl)C1=O. The van der Waals surface area contributed by atoms with Crippen LogP contribution in [0.5, 0.6) is 11.5 Å².